The molecule has 0 spiro atoms. The number of anilines is 1. The SMILES string of the molecule is Cc1nc(NN=Cc2ccccc2OCc2ccc(Cl)cc2)sc1C.Cl. The lowest BCUT2D eigenvalue weighted by molar-refractivity contribution is 0.306. The minimum atomic E-state index is 0. The molecular formula is C19H19Cl2N3OS. The average Bonchev–Trinajstić information content (AvgIpc) is 2.93. The van der Waals surface area contributed by atoms with Gasteiger partial charge in [0.2, 0.25) is 5.13 Å². The Bertz CT molecular complexity index is 859. The summed E-state index contributed by atoms with van der Waals surface area (Å²) in [4.78, 5) is 5.58. The number of nitrogens with zero attached hydrogens (tertiary/aromatic N) is 2. The van der Waals surface area contributed by atoms with Crippen molar-refractivity contribution in [3.8, 4) is 5.75 Å². The van der Waals surface area contributed by atoms with Crippen LogP contribution in [0.4, 0.5) is 5.13 Å². The van der Waals surface area contributed by atoms with Crippen molar-refractivity contribution < 1.29 is 4.74 Å². The van der Waals surface area contributed by atoms with Crippen LogP contribution in [-0.4, -0.2) is 11.2 Å². The number of hydrazone groups is 1. The standard InChI is InChI=1S/C19H18ClN3OS.ClH/c1-13-14(2)25-19(22-13)23-21-11-16-5-3-4-6-18(16)24-12-15-7-9-17(20)10-8-15;/h3-11H,12H2,1-2H3,(H,22,23);1H. The summed E-state index contributed by atoms with van der Waals surface area (Å²) in [5, 5.41) is 5.77. The van der Waals surface area contributed by atoms with Crippen molar-refractivity contribution >= 4 is 46.7 Å². The number of rotatable bonds is 6. The zero-order chi connectivity index (χ0) is 17.6. The summed E-state index contributed by atoms with van der Waals surface area (Å²) >= 11 is 7.49. The van der Waals surface area contributed by atoms with Gasteiger partial charge in [0.25, 0.3) is 0 Å². The van der Waals surface area contributed by atoms with Gasteiger partial charge in [0, 0.05) is 15.5 Å². The number of thiazole rings is 1. The molecule has 2 aromatic carbocycles. The van der Waals surface area contributed by atoms with E-state index in [2.05, 4.69) is 15.5 Å². The maximum Gasteiger partial charge on any atom is 0.203 e. The highest BCUT2D eigenvalue weighted by Crippen LogP contribution is 2.22. The van der Waals surface area contributed by atoms with Crippen molar-refractivity contribution in [2.45, 2.75) is 20.5 Å². The first kappa shape index (κ1) is 20.2. The van der Waals surface area contributed by atoms with Gasteiger partial charge in [0.1, 0.15) is 12.4 Å². The lowest BCUT2D eigenvalue weighted by Gasteiger charge is -2.09. The van der Waals surface area contributed by atoms with E-state index in [1.54, 1.807) is 17.6 Å². The Morgan fingerprint density at radius 1 is 1.15 bits per heavy atom. The molecule has 0 saturated carbocycles. The number of aromatic nitrogens is 1. The lowest BCUT2D eigenvalue weighted by atomic mass is 10.2. The molecule has 0 atom stereocenters. The normalized spacial score (nSPS) is 10.6. The van der Waals surface area contributed by atoms with Gasteiger partial charge in [-0.3, -0.25) is 5.43 Å². The third-order valence-corrected chi connectivity index (χ3v) is 4.85. The van der Waals surface area contributed by atoms with E-state index < -0.39 is 0 Å². The molecule has 0 aliphatic rings. The third-order valence-electron chi connectivity index (χ3n) is 3.62. The van der Waals surface area contributed by atoms with Gasteiger partial charge >= 0.3 is 0 Å². The van der Waals surface area contributed by atoms with Crippen LogP contribution >= 0.6 is 35.3 Å². The summed E-state index contributed by atoms with van der Waals surface area (Å²) in [5.74, 6) is 0.773. The van der Waals surface area contributed by atoms with Gasteiger partial charge in [-0.15, -0.1) is 23.7 Å². The summed E-state index contributed by atoms with van der Waals surface area (Å²) in [6.45, 7) is 4.50. The molecule has 7 heteroatoms. The molecule has 0 radical (unpaired) electrons. The minimum Gasteiger partial charge on any atom is -0.488 e. The summed E-state index contributed by atoms with van der Waals surface area (Å²) in [6, 6.07) is 15.4. The summed E-state index contributed by atoms with van der Waals surface area (Å²) in [6.07, 6.45) is 1.74. The highest BCUT2D eigenvalue weighted by atomic mass is 35.5. The molecule has 1 heterocycles. The monoisotopic (exact) mass is 407 g/mol. The second-order valence-electron chi connectivity index (χ2n) is 5.48. The van der Waals surface area contributed by atoms with Crippen LogP contribution in [0.25, 0.3) is 0 Å². The van der Waals surface area contributed by atoms with Crippen LogP contribution in [0.15, 0.2) is 53.6 Å². The van der Waals surface area contributed by atoms with Crippen LogP contribution in [0.5, 0.6) is 5.75 Å². The Morgan fingerprint density at radius 2 is 1.88 bits per heavy atom. The van der Waals surface area contributed by atoms with Crippen LogP contribution in [0.1, 0.15) is 21.7 Å². The van der Waals surface area contributed by atoms with Crippen LogP contribution in [0, 0.1) is 13.8 Å². The molecule has 26 heavy (non-hydrogen) atoms. The highest BCUT2D eigenvalue weighted by molar-refractivity contribution is 7.15. The molecule has 0 fully saturated rings. The number of ether oxygens (including phenoxy) is 1. The molecule has 136 valence electrons. The number of hydrogen-bond donors (Lipinski definition) is 1. The lowest BCUT2D eigenvalue weighted by Crippen LogP contribution is -1.99. The number of benzene rings is 2. The summed E-state index contributed by atoms with van der Waals surface area (Å²) in [5.41, 5.74) is 5.95. The van der Waals surface area contributed by atoms with Gasteiger partial charge in [-0.05, 0) is 43.7 Å². The molecule has 1 aromatic heterocycles. The number of nitrogens with one attached hydrogen (secondary N) is 1. The van der Waals surface area contributed by atoms with Crippen molar-refractivity contribution in [1.29, 1.82) is 0 Å². The van der Waals surface area contributed by atoms with E-state index in [-0.39, 0.29) is 12.4 Å². The van der Waals surface area contributed by atoms with Crippen LogP contribution in [0.2, 0.25) is 5.02 Å². The van der Waals surface area contributed by atoms with Gasteiger partial charge in [0.05, 0.1) is 11.9 Å². The Balaban J connectivity index is 0.00000243. The largest absolute Gasteiger partial charge is 0.488 e. The first-order chi connectivity index (χ1) is 12.1. The Labute approximate surface area is 168 Å². The zero-order valence-electron chi connectivity index (χ0n) is 14.4. The molecule has 4 nitrogen and oxygen atoms in total. The number of aryl methyl sites for hydroxylation is 2. The van der Waals surface area contributed by atoms with Crippen LogP contribution < -0.4 is 10.2 Å². The third kappa shape index (κ3) is 5.46. The van der Waals surface area contributed by atoms with E-state index in [0.29, 0.717) is 6.61 Å². The van der Waals surface area contributed by atoms with E-state index in [1.165, 1.54) is 4.88 Å². The fourth-order valence-corrected chi connectivity index (χ4v) is 3.03. The van der Waals surface area contributed by atoms with E-state index in [1.807, 2.05) is 62.4 Å². The predicted molar refractivity (Wildman–Crippen MR) is 112 cm³/mol. The fraction of sp³-hybridized carbons (Fsp3) is 0.158. The Hall–Kier alpha value is -2.08. The molecule has 0 aliphatic carbocycles. The number of hydrogen-bond acceptors (Lipinski definition) is 5. The van der Waals surface area contributed by atoms with E-state index >= 15 is 0 Å². The van der Waals surface area contributed by atoms with Crippen molar-refractivity contribution in [1.82, 2.24) is 4.98 Å². The van der Waals surface area contributed by atoms with Gasteiger partial charge in [-0.2, -0.15) is 5.10 Å². The van der Waals surface area contributed by atoms with E-state index in [9.17, 15) is 0 Å². The minimum absolute atomic E-state index is 0. The highest BCUT2D eigenvalue weighted by Gasteiger charge is 2.03. The first-order valence-electron chi connectivity index (χ1n) is 7.81. The Morgan fingerprint density at radius 3 is 2.58 bits per heavy atom. The molecule has 3 aromatic rings. The number of para-hydroxylation sites is 1. The summed E-state index contributed by atoms with van der Waals surface area (Å²) in [7, 11) is 0. The van der Waals surface area contributed by atoms with E-state index in [4.69, 9.17) is 16.3 Å². The van der Waals surface area contributed by atoms with Crippen molar-refractivity contribution in [2.24, 2.45) is 5.10 Å². The molecule has 0 unspecified atom stereocenters. The fourth-order valence-electron chi connectivity index (χ4n) is 2.14. The molecule has 0 amide bonds. The maximum absolute atomic E-state index is 5.91. The zero-order valence-corrected chi connectivity index (χ0v) is 16.8. The molecule has 0 aliphatic heterocycles. The van der Waals surface area contributed by atoms with Gasteiger partial charge in [-0.1, -0.05) is 35.9 Å². The predicted octanol–water partition coefficient (Wildman–Crippen LogP) is 5.86. The summed E-state index contributed by atoms with van der Waals surface area (Å²) < 4.78 is 5.91. The first-order valence-corrected chi connectivity index (χ1v) is 9.00. The number of halogens is 2. The molecular weight excluding hydrogens is 389 g/mol. The molecule has 1 N–H and O–H groups in total. The van der Waals surface area contributed by atoms with Gasteiger partial charge < -0.3 is 4.74 Å². The van der Waals surface area contributed by atoms with Gasteiger partial charge in [0.15, 0.2) is 0 Å². The van der Waals surface area contributed by atoms with Crippen molar-refractivity contribution in [3.05, 3.63) is 75.3 Å². The van der Waals surface area contributed by atoms with Crippen LogP contribution in [-0.2, 0) is 6.61 Å². The average molecular weight is 408 g/mol. The van der Waals surface area contributed by atoms with E-state index in [0.717, 1.165) is 32.7 Å². The van der Waals surface area contributed by atoms with Gasteiger partial charge in [-0.25, -0.2) is 4.98 Å². The quantitative estimate of drug-likeness (QED) is 0.411. The topological polar surface area (TPSA) is 46.5 Å². The molecule has 0 bridgehead atoms. The van der Waals surface area contributed by atoms with Crippen LogP contribution in [0.3, 0.4) is 0 Å². The maximum atomic E-state index is 5.91. The Kier molecular flexibility index (Phi) is 7.45. The second kappa shape index (κ2) is 9.57. The molecule has 0 saturated heterocycles. The second-order valence-corrected chi connectivity index (χ2v) is 7.12. The van der Waals surface area contributed by atoms with Crippen molar-refractivity contribution in [2.75, 3.05) is 5.43 Å². The van der Waals surface area contributed by atoms with Crippen molar-refractivity contribution in [3.63, 3.8) is 0 Å². The molecule has 3 rings (SSSR count). The smallest absolute Gasteiger partial charge is 0.203 e.